The van der Waals surface area contributed by atoms with Gasteiger partial charge in [-0.2, -0.15) is 0 Å². The Kier molecular flexibility index (Phi) is 3.30. The number of hydrogen-bond donors (Lipinski definition) is 3. The summed E-state index contributed by atoms with van der Waals surface area (Å²) in [4.78, 5) is 52.0. The van der Waals surface area contributed by atoms with Crippen molar-refractivity contribution >= 4 is 16.9 Å². The second-order valence-electron chi connectivity index (χ2n) is 4.77. The van der Waals surface area contributed by atoms with Gasteiger partial charge in [0.2, 0.25) is 0 Å². The van der Waals surface area contributed by atoms with Gasteiger partial charge in [0.05, 0.1) is 29.5 Å². The molecule has 9 nitrogen and oxygen atoms in total. The summed E-state index contributed by atoms with van der Waals surface area (Å²) < 4.78 is 0. The molecule has 0 atom stereocenters. The van der Waals surface area contributed by atoms with Crippen molar-refractivity contribution in [2.75, 3.05) is 7.05 Å². The molecule has 9 heteroatoms. The molecule has 0 bridgehead atoms. The number of amides is 1. The summed E-state index contributed by atoms with van der Waals surface area (Å²) in [7, 11) is 1.63. The lowest BCUT2D eigenvalue weighted by molar-refractivity contribution is 0.0783. The average Bonchev–Trinajstić information content (AvgIpc) is 2.99. The van der Waals surface area contributed by atoms with Gasteiger partial charge in [-0.15, -0.1) is 0 Å². The van der Waals surface area contributed by atoms with E-state index >= 15 is 0 Å². The highest BCUT2D eigenvalue weighted by molar-refractivity contribution is 5.96. The van der Waals surface area contributed by atoms with Crippen LogP contribution in [0.25, 0.3) is 11.0 Å². The number of H-pyrrole nitrogens is 3. The van der Waals surface area contributed by atoms with E-state index in [1.54, 1.807) is 13.2 Å². The molecule has 3 aromatic rings. The summed E-state index contributed by atoms with van der Waals surface area (Å²) in [5, 5.41) is 0.153. The molecule has 0 spiro atoms. The van der Waals surface area contributed by atoms with Gasteiger partial charge >= 0.3 is 5.69 Å². The van der Waals surface area contributed by atoms with Crippen molar-refractivity contribution in [2.24, 2.45) is 0 Å². The number of aromatic nitrogens is 5. The van der Waals surface area contributed by atoms with Gasteiger partial charge < -0.3 is 9.88 Å². The molecular weight excluding hydrogens is 288 g/mol. The van der Waals surface area contributed by atoms with Gasteiger partial charge in [0.1, 0.15) is 5.65 Å². The fraction of sp³-hybridized carbons (Fsp3) is 0.154. The second kappa shape index (κ2) is 5.28. The molecule has 3 rings (SSSR count). The van der Waals surface area contributed by atoms with Crippen molar-refractivity contribution in [2.45, 2.75) is 6.54 Å². The van der Waals surface area contributed by atoms with Crippen LogP contribution in [0.3, 0.4) is 0 Å². The smallest absolute Gasteiger partial charge is 0.327 e. The van der Waals surface area contributed by atoms with Gasteiger partial charge in [0.25, 0.3) is 11.5 Å². The summed E-state index contributed by atoms with van der Waals surface area (Å²) in [6.45, 7) is 0.346. The van der Waals surface area contributed by atoms with Crippen molar-refractivity contribution in [1.82, 2.24) is 29.8 Å². The first-order chi connectivity index (χ1) is 10.5. The topological polar surface area (TPSA) is 128 Å². The van der Waals surface area contributed by atoms with Crippen LogP contribution in [0.2, 0.25) is 0 Å². The minimum atomic E-state index is -0.638. The molecule has 0 aromatic carbocycles. The molecule has 0 unspecified atom stereocenters. The van der Waals surface area contributed by atoms with E-state index < -0.39 is 11.2 Å². The number of imidazole rings is 1. The maximum absolute atomic E-state index is 12.4. The molecule has 3 aromatic heterocycles. The molecule has 0 radical (unpaired) electrons. The van der Waals surface area contributed by atoms with E-state index in [1.807, 2.05) is 0 Å². The zero-order chi connectivity index (χ0) is 15.7. The maximum atomic E-state index is 12.4. The van der Waals surface area contributed by atoms with E-state index in [2.05, 4.69) is 24.9 Å². The van der Waals surface area contributed by atoms with Crippen LogP contribution >= 0.6 is 0 Å². The lowest BCUT2D eigenvalue weighted by Gasteiger charge is -2.16. The molecule has 0 fully saturated rings. The highest BCUT2D eigenvalue weighted by Crippen LogP contribution is 2.09. The number of nitrogens with zero attached hydrogens (tertiary/aromatic N) is 3. The molecule has 1 amide bonds. The molecule has 3 heterocycles. The summed E-state index contributed by atoms with van der Waals surface area (Å²) >= 11 is 0. The molecule has 0 aliphatic heterocycles. The highest BCUT2D eigenvalue weighted by atomic mass is 16.2. The van der Waals surface area contributed by atoms with E-state index in [9.17, 15) is 14.4 Å². The standard InChI is InChI=1S/C13H12N6O3/c1-19(5-8-4-14-6-16-8)12(21)7-2-9-10(15-3-7)17-13(22)18-11(9)20/h2-4,6H,5H2,1H3,(H,14,16)(H2,15,17,18,20,22). The van der Waals surface area contributed by atoms with Crippen molar-refractivity contribution in [3.05, 3.63) is 56.9 Å². The second-order valence-corrected chi connectivity index (χ2v) is 4.77. The van der Waals surface area contributed by atoms with Gasteiger partial charge in [-0.05, 0) is 6.07 Å². The number of nitrogens with one attached hydrogen (secondary N) is 3. The van der Waals surface area contributed by atoms with Crippen molar-refractivity contribution in [1.29, 1.82) is 0 Å². The normalized spacial score (nSPS) is 10.8. The predicted octanol–water partition coefficient (Wildman–Crippen LogP) is -0.393. The summed E-state index contributed by atoms with van der Waals surface area (Å²) in [5.74, 6) is -0.297. The van der Waals surface area contributed by atoms with Gasteiger partial charge in [-0.1, -0.05) is 0 Å². The molecule has 0 aliphatic rings. The number of pyridine rings is 1. The van der Waals surface area contributed by atoms with E-state index in [0.29, 0.717) is 6.54 Å². The predicted molar refractivity (Wildman–Crippen MR) is 77.4 cm³/mol. The minimum absolute atomic E-state index is 0.140. The first kappa shape index (κ1) is 13.7. The van der Waals surface area contributed by atoms with Gasteiger partial charge in [-0.3, -0.25) is 19.6 Å². The van der Waals surface area contributed by atoms with Gasteiger partial charge in [0.15, 0.2) is 0 Å². The summed E-state index contributed by atoms with van der Waals surface area (Å²) in [6, 6.07) is 1.41. The van der Waals surface area contributed by atoms with Crippen LogP contribution in [0.5, 0.6) is 0 Å². The van der Waals surface area contributed by atoms with Crippen LogP contribution in [-0.4, -0.2) is 42.8 Å². The Hall–Kier alpha value is -3.23. The number of rotatable bonds is 3. The summed E-state index contributed by atoms with van der Waals surface area (Å²) in [6.07, 6.45) is 4.47. The van der Waals surface area contributed by atoms with E-state index in [4.69, 9.17) is 0 Å². The Morgan fingerprint density at radius 3 is 2.82 bits per heavy atom. The number of carbonyl (C=O) groups excluding carboxylic acids is 1. The van der Waals surface area contributed by atoms with Crippen molar-refractivity contribution < 1.29 is 4.79 Å². The quantitative estimate of drug-likeness (QED) is 0.606. The molecule has 0 saturated heterocycles. The Bertz CT molecular complexity index is 940. The number of carbonyl (C=O) groups is 1. The molecule has 0 saturated carbocycles. The molecule has 3 N–H and O–H groups in total. The van der Waals surface area contributed by atoms with E-state index in [1.165, 1.54) is 23.5 Å². The fourth-order valence-corrected chi connectivity index (χ4v) is 2.08. The average molecular weight is 300 g/mol. The minimum Gasteiger partial charge on any atom is -0.347 e. The zero-order valence-electron chi connectivity index (χ0n) is 11.6. The van der Waals surface area contributed by atoms with E-state index in [-0.39, 0.29) is 22.5 Å². The highest BCUT2D eigenvalue weighted by Gasteiger charge is 2.15. The Balaban J connectivity index is 1.94. The van der Waals surface area contributed by atoms with Crippen molar-refractivity contribution in [3.63, 3.8) is 0 Å². The third kappa shape index (κ3) is 2.51. The van der Waals surface area contributed by atoms with Gasteiger partial charge in [0, 0.05) is 19.4 Å². The monoisotopic (exact) mass is 300 g/mol. The van der Waals surface area contributed by atoms with Crippen LogP contribution < -0.4 is 11.2 Å². The Morgan fingerprint density at radius 2 is 2.09 bits per heavy atom. The van der Waals surface area contributed by atoms with Crippen LogP contribution in [0, 0.1) is 0 Å². The molecule has 22 heavy (non-hydrogen) atoms. The Labute approximate surface area is 123 Å². The molecule has 0 aliphatic carbocycles. The largest absolute Gasteiger partial charge is 0.347 e. The third-order valence-electron chi connectivity index (χ3n) is 3.15. The van der Waals surface area contributed by atoms with E-state index in [0.717, 1.165) is 5.69 Å². The lowest BCUT2D eigenvalue weighted by Crippen LogP contribution is -2.27. The summed E-state index contributed by atoms with van der Waals surface area (Å²) in [5.41, 5.74) is -0.0436. The number of fused-ring (bicyclic) bond motifs is 1. The molecule has 112 valence electrons. The number of hydrogen-bond acceptors (Lipinski definition) is 5. The first-order valence-electron chi connectivity index (χ1n) is 6.39. The SMILES string of the molecule is CN(Cc1cnc[nH]1)C(=O)c1cnc2[nH]c(=O)[nH]c(=O)c2c1. The number of aromatic amines is 3. The van der Waals surface area contributed by atoms with Crippen LogP contribution in [0.15, 0.2) is 34.4 Å². The molecular formula is C13H12N6O3. The van der Waals surface area contributed by atoms with Crippen LogP contribution in [-0.2, 0) is 6.54 Å². The van der Waals surface area contributed by atoms with Crippen LogP contribution in [0.1, 0.15) is 16.1 Å². The third-order valence-corrected chi connectivity index (χ3v) is 3.15. The fourth-order valence-electron chi connectivity index (χ4n) is 2.08. The Morgan fingerprint density at radius 1 is 1.27 bits per heavy atom. The van der Waals surface area contributed by atoms with Crippen LogP contribution in [0.4, 0.5) is 0 Å². The lowest BCUT2D eigenvalue weighted by atomic mass is 10.2. The first-order valence-corrected chi connectivity index (χ1v) is 6.39. The van der Waals surface area contributed by atoms with Gasteiger partial charge in [-0.25, -0.2) is 14.8 Å². The zero-order valence-corrected chi connectivity index (χ0v) is 11.6. The maximum Gasteiger partial charge on any atom is 0.327 e. The van der Waals surface area contributed by atoms with Crippen molar-refractivity contribution in [3.8, 4) is 0 Å².